The molecule has 0 heterocycles. The van der Waals surface area contributed by atoms with E-state index in [4.69, 9.17) is 9.94 Å². The summed E-state index contributed by atoms with van der Waals surface area (Å²) >= 11 is 0. The van der Waals surface area contributed by atoms with Crippen molar-refractivity contribution in [2.75, 3.05) is 12.1 Å². The molecule has 0 saturated carbocycles. The van der Waals surface area contributed by atoms with Gasteiger partial charge in [0.1, 0.15) is 5.69 Å². The smallest absolute Gasteiger partial charge is 0.282 e. The average Bonchev–Trinajstić information content (AvgIpc) is 2.47. The number of benzene rings is 1. The molecule has 0 aliphatic heterocycles. The van der Waals surface area contributed by atoms with Gasteiger partial charge in [0.2, 0.25) is 0 Å². The third-order valence-corrected chi connectivity index (χ3v) is 2.79. The third kappa shape index (κ3) is 2.77. The predicted octanol–water partition coefficient (Wildman–Crippen LogP) is 2.84. The van der Waals surface area contributed by atoms with Crippen molar-refractivity contribution in [3.05, 3.63) is 48.3 Å². The van der Waals surface area contributed by atoms with E-state index in [9.17, 15) is 5.21 Å². The highest BCUT2D eigenvalue weighted by molar-refractivity contribution is 5.97. The fourth-order valence-electron chi connectivity index (χ4n) is 1.91. The van der Waals surface area contributed by atoms with Crippen LogP contribution < -0.4 is 5.48 Å². The summed E-state index contributed by atoms with van der Waals surface area (Å²) in [5.41, 5.74) is 3.58. The molecule has 0 atom stereocenters. The van der Waals surface area contributed by atoms with Gasteiger partial charge in [-0.05, 0) is 19.1 Å². The SMILES string of the molecule is CCOC1=CC=CC/C1=[N+](/O)c1ccccc1NO. The Morgan fingerprint density at radius 1 is 1.37 bits per heavy atom. The summed E-state index contributed by atoms with van der Waals surface area (Å²) in [6.45, 7) is 2.42. The molecule has 1 aliphatic rings. The van der Waals surface area contributed by atoms with E-state index >= 15 is 0 Å². The van der Waals surface area contributed by atoms with E-state index in [1.54, 1.807) is 30.3 Å². The summed E-state index contributed by atoms with van der Waals surface area (Å²) in [7, 11) is 0. The molecule has 5 heteroatoms. The molecule has 1 aromatic rings. The maximum absolute atomic E-state index is 10.3. The van der Waals surface area contributed by atoms with Gasteiger partial charge in [0.05, 0.1) is 13.0 Å². The van der Waals surface area contributed by atoms with Gasteiger partial charge >= 0.3 is 0 Å². The summed E-state index contributed by atoms with van der Waals surface area (Å²) in [5, 5.41) is 19.4. The number of allylic oxidation sites excluding steroid dienone is 4. The van der Waals surface area contributed by atoms with Crippen LogP contribution in [0.2, 0.25) is 0 Å². The Morgan fingerprint density at radius 2 is 2.16 bits per heavy atom. The zero-order valence-electron chi connectivity index (χ0n) is 10.7. The molecule has 0 aromatic heterocycles. The molecule has 0 radical (unpaired) electrons. The maximum atomic E-state index is 10.3. The van der Waals surface area contributed by atoms with Crippen molar-refractivity contribution in [2.24, 2.45) is 0 Å². The Kier molecular flexibility index (Phi) is 4.20. The van der Waals surface area contributed by atoms with Crippen molar-refractivity contribution in [2.45, 2.75) is 13.3 Å². The Balaban J connectivity index is 2.45. The van der Waals surface area contributed by atoms with Gasteiger partial charge in [-0.1, -0.05) is 24.3 Å². The first-order valence-corrected chi connectivity index (χ1v) is 6.12. The van der Waals surface area contributed by atoms with Crippen LogP contribution in [0.4, 0.5) is 11.4 Å². The van der Waals surface area contributed by atoms with Crippen LogP contribution in [0.25, 0.3) is 0 Å². The van der Waals surface area contributed by atoms with Crippen LogP contribution >= 0.6 is 0 Å². The molecule has 0 amide bonds. The van der Waals surface area contributed by atoms with Crippen molar-refractivity contribution in [3.8, 4) is 0 Å². The van der Waals surface area contributed by atoms with Gasteiger partial charge in [0.15, 0.2) is 5.76 Å². The fraction of sp³-hybridized carbons (Fsp3) is 0.214. The Labute approximate surface area is 111 Å². The number of anilines is 1. The second kappa shape index (κ2) is 6.06. The number of nitrogens with zero attached hydrogens (tertiary/aromatic N) is 1. The second-order valence-electron chi connectivity index (χ2n) is 3.98. The van der Waals surface area contributed by atoms with E-state index in [0.29, 0.717) is 35.9 Å². The first-order chi connectivity index (χ1) is 9.27. The second-order valence-corrected chi connectivity index (χ2v) is 3.98. The molecule has 3 N–H and O–H groups in total. The minimum Gasteiger partial charge on any atom is -0.487 e. The maximum Gasteiger partial charge on any atom is 0.282 e. The lowest BCUT2D eigenvalue weighted by atomic mass is 10.1. The number of rotatable bonds is 4. The quantitative estimate of drug-likeness (QED) is 0.443. The van der Waals surface area contributed by atoms with E-state index in [1.807, 2.05) is 19.1 Å². The molecule has 0 unspecified atom stereocenters. The van der Waals surface area contributed by atoms with Crippen LogP contribution in [0.1, 0.15) is 13.3 Å². The van der Waals surface area contributed by atoms with Crippen LogP contribution in [-0.4, -0.2) is 27.5 Å². The van der Waals surface area contributed by atoms with Gasteiger partial charge in [-0.2, -0.15) is 0 Å². The first-order valence-electron chi connectivity index (χ1n) is 6.12. The number of nitrogens with one attached hydrogen (secondary N) is 1. The monoisotopic (exact) mass is 261 g/mol. The number of hydrogen-bond acceptors (Lipinski definition) is 4. The molecule has 0 fully saturated rings. The van der Waals surface area contributed by atoms with Crippen LogP contribution in [0, 0.1) is 0 Å². The van der Waals surface area contributed by atoms with Gasteiger partial charge in [-0.25, -0.2) is 0 Å². The van der Waals surface area contributed by atoms with Gasteiger partial charge < -0.3 is 4.74 Å². The topological polar surface area (TPSA) is 64.7 Å². The molecule has 100 valence electrons. The molecule has 0 saturated heterocycles. The summed E-state index contributed by atoms with van der Waals surface area (Å²) in [5.74, 6) is 0.625. The lowest BCUT2D eigenvalue weighted by Gasteiger charge is -2.10. The number of ether oxygens (including phenoxy) is 1. The molecular weight excluding hydrogens is 244 g/mol. The normalized spacial score (nSPS) is 16.8. The fourth-order valence-corrected chi connectivity index (χ4v) is 1.91. The highest BCUT2D eigenvalue weighted by atomic mass is 16.5. The van der Waals surface area contributed by atoms with Gasteiger partial charge in [0.25, 0.3) is 11.4 Å². The van der Waals surface area contributed by atoms with Gasteiger partial charge in [0, 0.05) is 10.8 Å². The summed E-state index contributed by atoms with van der Waals surface area (Å²) < 4.78 is 6.53. The molecule has 19 heavy (non-hydrogen) atoms. The van der Waals surface area contributed by atoms with Crippen molar-refractivity contribution < 1.29 is 19.9 Å². The van der Waals surface area contributed by atoms with Crippen molar-refractivity contribution in [1.29, 1.82) is 0 Å². The minimum absolute atomic E-state index is 0.419. The Bertz CT molecular complexity index is 547. The molecule has 5 nitrogen and oxygen atoms in total. The Morgan fingerprint density at radius 3 is 2.89 bits per heavy atom. The van der Waals surface area contributed by atoms with E-state index in [2.05, 4.69) is 5.48 Å². The zero-order chi connectivity index (χ0) is 13.7. The van der Waals surface area contributed by atoms with Gasteiger partial charge in [-0.3, -0.25) is 15.9 Å². The summed E-state index contributed by atoms with van der Waals surface area (Å²) in [6.07, 6.45) is 6.18. The van der Waals surface area contributed by atoms with Crippen LogP contribution in [0.3, 0.4) is 0 Å². The molecule has 1 aliphatic carbocycles. The first kappa shape index (κ1) is 13.2. The summed E-state index contributed by atoms with van der Waals surface area (Å²) in [4.78, 5) is 0. The standard InChI is InChI=1S/C14H17N2O3/c1-2-19-14-10-6-5-9-13(14)16(18)12-8-4-3-7-11(12)15-17/h3-8,10,15,17-18H,2,9H2,1H3/q+1/b16-13-. The minimum atomic E-state index is 0.419. The third-order valence-electron chi connectivity index (χ3n) is 2.79. The lowest BCUT2D eigenvalue weighted by molar-refractivity contribution is -0.713. The zero-order valence-corrected chi connectivity index (χ0v) is 10.7. The van der Waals surface area contributed by atoms with Crippen molar-refractivity contribution in [1.82, 2.24) is 0 Å². The molecule has 2 rings (SSSR count). The van der Waals surface area contributed by atoms with Crippen molar-refractivity contribution in [3.63, 3.8) is 0 Å². The van der Waals surface area contributed by atoms with E-state index in [-0.39, 0.29) is 0 Å². The van der Waals surface area contributed by atoms with E-state index in [1.165, 1.54) is 0 Å². The lowest BCUT2D eigenvalue weighted by Crippen LogP contribution is -2.19. The largest absolute Gasteiger partial charge is 0.487 e. The van der Waals surface area contributed by atoms with E-state index in [0.717, 1.165) is 4.74 Å². The highest BCUT2D eigenvalue weighted by Crippen LogP contribution is 2.24. The number of para-hydroxylation sites is 2. The average molecular weight is 261 g/mol. The molecule has 0 bridgehead atoms. The van der Waals surface area contributed by atoms with E-state index < -0.39 is 0 Å². The number of hydrogen-bond donors (Lipinski definition) is 3. The molecular formula is C14H17N2O3+. The van der Waals surface area contributed by atoms with Crippen LogP contribution in [-0.2, 0) is 4.74 Å². The molecule has 0 spiro atoms. The predicted molar refractivity (Wildman–Crippen MR) is 72.0 cm³/mol. The summed E-state index contributed by atoms with van der Waals surface area (Å²) in [6, 6.07) is 6.92. The van der Waals surface area contributed by atoms with Crippen molar-refractivity contribution >= 4 is 17.1 Å². The highest BCUT2D eigenvalue weighted by Gasteiger charge is 2.26. The van der Waals surface area contributed by atoms with Crippen LogP contribution in [0.5, 0.6) is 0 Å². The Hall–Kier alpha value is -2.27. The van der Waals surface area contributed by atoms with Gasteiger partial charge in [-0.15, -0.1) is 0 Å². The van der Waals surface area contributed by atoms with Crippen LogP contribution in [0.15, 0.2) is 48.3 Å². The molecule has 1 aromatic carbocycles.